The molecule has 0 aliphatic heterocycles. The molecule has 1 aliphatic rings. The van der Waals surface area contributed by atoms with Crippen LogP contribution in [0.25, 0.3) is 0 Å². The molecule has 0 atom stereocenters. The summed E-state index contributed by atoms with van der Waals surface area (Å²) >= 11 is 0. The zero-order chi connectivity index (χ0) is 17.1. The summed E-state index contributed by atoms with van der Waals surface area (Å²) in [6, 6.07) is 0. The van der Waals surface area contributed by atoms with Crippen molar-refractivity contribution in [2.75, 3.05) is 13.2 Å². The number of aryl methyl sites for hydroxylation is 1. The summed E-state index contributed by atoms with van der Waals surface area (Å²) in [5.41, 5.74) is 1.39. The molecule has 2 rings (SSSR count). The van der Waals surface area contributed by atoms with Crippen molar-refractivity contribution in [3.8, 4) is 0 Å². The molecule has 130 valence electrons. The van der Waals surface area contributed by atoms with E-state index < -0.39 is 0 Å². The lowest BCUT2D eigenvalue weighted by Gasteiger charge is -2.37. The number of nitrogens with one attached hydrogen (secondary N) is 1. The lowest BCUT2D eigenvalue weighted by atomic mass is 9.72. The molecule has 0 saturated heterocycles. The highest BCUT2D eigenvalue weighted by atomic mass is 16.3. The maximum absolute atomic E-state index is 12.7. The van der Waals surface area contributed by atoms with Crippen LogP contribution in [0.2, 0.25) is 0 Å². The number of amides is 1. The van der Waals surface area contributed by atoms with Crippen LogP contribution in [0.3, 0.4) is 0 Å². The first-order valence-corrected chi connectivity index (χ1v) is 8.71. The van der Waals surface area contributed by atoms with Crippen molar-refractivity contribution < 1.29 is 9.90 Å². The number of aliphatic hydroxyl groups excluding tert-OH is 1. The van der Waals surface area contributed by atoms with Gasteiger partial charge in [0.25, 0.3) is 5.91 Å². The highest BCUT2D eigenvalue weighted by Gasteiger charge is 2.33. The minimum absolute atomic E-state index is 0.0501. The van der Waals surface area contributed by atoms with E-state index >= 15 is 0 Å². The molecule has 1 saturated carbocycles. The van der Waals surface area contributed by atoms with Crippen LogP contribution in [0.5, 0.6) is 0 Å². The van der Waals surface area contributed by atoms with Gasteiger partial charge in [-0.25, -0.2) is 0 Å². The van der Waals surface area contributed by atoms with Gasteiger partial charge in [0.05, 0.1) is 11.3 Å². The number of carbonyl (C=O) groups is 1. The van der Waals surface area contributed by atoms with Gasteiger partial charge in [-0.05, 0) is 24.7 Å². The maximum Gasteiger partial charge on any atom is 0.254 e. The van der Waals surface area contributed by atoms with Crippen molar-refractivity contribution in [3.63, 3.8) is 0 Å². The summed E-state index contributed by atoms with van der Waals surface area (Å²) in [5.74, 6) is -0.0501. The number of carbonyl (C=O) groups excluding carboxylic acids is 1. The van der Waals surface area contributed by atoms with Crippen molar-refractivity contribution in [2.45, 2.75) is 64.7 Å². The Morgan fingerprint density at radius 2 is 2.00 bits per heavy atom. The Balaban J connectivity index is 2.10. The van der Waals surface area contributed by atoms with E-state index in [0.717, 1.165) is 25.0 Å². The minimum atomic E-state index is -0.165. The van der Waals surface area contributed by atoms with E-state index in [4.69, 9.17) is 0 Å². The van der Waals surface area contributed by atoms with E-state index in [0.29, 0.717) is 12.1 Å². The molecule has 0 spiro atoms. The lowest BCUT2D eigenvalue weighted by molar-refractivity contribution is 0.0867. The van der Waals surface area contributed by atoms with Crippen LogP contribution in [0.15, 0.2) is 6.20 Å². The molecule has 0 unspecified atom stereocenters. The van der Waals surface area contributed by atoms with Crippen LogP contribution < -0.4 is 5.32 Å². The maximum atomic E-state index is 12.7. The van der Waals surface area contributed by atoms with Crippen molar-refractivity contribution in [2.24, 2.45) is 12.5 Å². The topological polar surface area (TPSA) is 67.2 Å². The monoisotopic (exact) mass is 321 g/mol. The lowest BCUT2D eigenvalue weighted by Crippen LogP contribution is -2.40. The normalized spacial score (nSPS) is 18.0. The number of aromatic nitrogens is 2. The summed E-state index contributed by atoms with van der Waals surface area (Å²) in [5, 5.41) is 17.0. The molecule has 1 aliphatic carbocycles. The second-order valence-corrected chi connectivity index (χ2v) is 8.03. The molecule has 23 heavy (non-hydrogen) atoms. The predicted molar refractivity (Wildman–Crippen MR) is 91.5 cm³/mol. The summed E-state index contributed by atoms with van der Waals surface area (Å²) in [4.78, 5) is 12.7. The van der Waals surface area contributed by atoms with Crippen molar-refractivity contribution in [1.82, 2.24) is 15.1 Å². The first kappa shape index (κ1) is 18.0. The molecule has 1 aromatic heterocycles. The van der Waals surface area contributed by atoms with Gasteiger partial charge in [0, 0.05) is 31.8 Å². The van der Waals surface area contributed by atoms with Crippen LogP contribution in [-0.4, -0.2) is 33.9 Å². The van der Waals surface area contributed by atoms with Crippen LogP contribution >= 0.6 is 0 Å². The Morgan fingerprint density at radius 1 is 1.35 bits per heavy atom. The van der Waals surface area contributed by atoms with Crippen LogP contribution in [0.1, 0.15) is 75.3 Å². The Labute approximate surface area is 139 Å². The average Bonchev–Trinajstić information content (AvgIpc) is 2.88. The smallest absolute Gasteiger partial charge is 0.254 e. The molecule has 0 bridgehead atoms. The van der Waals surface area contributed by atoms with Gasteiger partial charge in [-0.3, -0.25) is 9.48 Å². The number of nitrogens with zero attached hydrogens (tertiary/aromatic N) is 2. The molecule has 0 radical (unpaired) electrons. The van der Waals surface area contributed by atoms with Crippen molar-refractivity contribution in [1.29, 1.82) is 0 Å². The second kappa shape index (κ2) is 7.04. The van der Waals surface area contributed by atoms with E-state index in [-0.39, 0.29) is 23.3 Å². The summed E-state index contributed by atoms with van der Waals surface area (Å²) in [6.45, 7) is 7.04. The number of rotatable bonds is 5. The van der Waals surface area contributed by atoms with Crippen LogP contribution in [0, 0.1) is 5.41 Å². The van der Waals surface area contributed by atoms with Gasteiger partial charge in [0.1, 0.15) is 0 Å². The molecule has 2 N–H and O–H groups in total. The SMILES string of the molecule is Cn1cc(C(=O)NCC2(CCO)CCCCC2)c(C(C)(C)C)n1. The van der Waals surface area contributed by atoms with Gasteiger partial charge < -0.3 is 10.4 Å². The molecule has 5 heteroatoms. The first-order chi connectivity index (χ1) is 10.8. The van der Waals surface area contributed by atoms with E-state index in [9.17, 15) is 9.90 Å². The Hall–Kier alpha value is -1.36. The third kappa shape index (κ3) is 4.34. The second-order valence-electron chi connectivity index (χ2n) is 8.03. The fraction of sp³-hybridized carbons (Fsp3) is 0.778. The van der Waals surface area contributed by atoms with Gasteiger partial charge in [-0.2, -0.15) is 5.10 Å². The fourth-order valence-corrected chi connectivity index (χ4v) is 3.63. The van der Waals surface area contributed by atoms with Crippen molar-refractivity contribution in [3.05, 3.63) is 17.5 Å². The third-order valence-corrected chi connectivity index (χ3v) is 4.96. The number of aliphatic hydroxyl groups is 1. The Morgan fingerprint density at radius 3 is 2.57 bits per heavy atom. The fourth-order valence-electron chi connectivity index (χ4n) is 3.63. The minimum Gasteiger partial charge on any atom is -0.396 e. The van der Waals surface area contributed by atoms with Crippen LogP contribution in [-0.2, 0) is 12.5 Å². The van der Waals surface area contributed by atoms with Gasteiger partial charge in [-0.1, -0.05) is 40.0 Å². The van der Waals surface area contributed by atoms with Gasteiger partial charge >= 0.3 is 0 Å². The summed E-state index contributed by atoms with van der Waals surface area (Å²) in [7, 11) is 1.85. The summed E-state index contributed by atoms with van der Waals surface area (Å²) < 4.78 is 1.71. The van der Waals surface area contributed by atoms with Crippen molar-refractivity contribution >= 4 is 5.91 Å². The quantitative estimate of drug-likeness (QED) is 0.876. The number of hydrogen-bond donors (Lipinski definition) is 2. The third-order valence-electron chi connectivity index (χ3n) is 4.96. The molecule has 0 aromatic carbocycles. The molecule has 1 fully saturated rings. The highest BCUT2D eigenvalue weighted by Crippen LogP contribution is 2.38. The summed E-state index contributed by atoms with van der Waals surface area (Å²) in [6.07, 6.45) is 8.39. The standard InChI is InChI=1S/C18H31N3O2/c1-17(2,3)15-14(12-21(4)20-15)16(23)19-13-18(10-11-22)8-6-5-7-9-18/h12,22H,5-11,13H2,1-4H3,(H,19,23). The van der Waals surface area contributed by atoms with E-state index in [1.165, 1.54) is 19.3 Å². The molecule has 5 nitrogen and oxygen atoms in total. The van der Waals surface area contributed by atoms with Crippen LogP contribution in [0.4, 0.5) is 0 Å². The number of hydrogen-bond acceptors (Lipinski definition) is 3. The Bertz CT molecular complexity index is 531. The van der Waals surface area contributed by atoms with Gasteiger partial charge in [0.15, 0.2) is 0 Å². The molecule has 1 amide bonds. The van der Waals surface area contributed by atoms with Gasteiger partial charge in [0.2, 0.25) is 0 Å². The van der Waals surface area contributed by atoms with E-state index in [1.54, 1.807) is 10.9 Å². The predicted octanol–water partition coefficient (Wildman–Crippen LogP) is 2.78. The molecule has 1 aromatic rings. The Kier molecular flexibility index (Phi) is 5.50. The highest BCUT2D eigenvalue weighted by molar-refractivity contribution is 5.95. The van der Waals surface area contributed by atoms with E-state index in [1.807, 2.05) is 7.05 Å². The zero-order valence-corrected chi connectivity index (χ0v) is 15.0. The van der Waals surface area contributed by atoms with E-state index in [2.05, 4.69) is 31.2 Å². The average molecular weight is 321 g/mol. The molecule has 1 heterocycles. The largest absolute Gasteiger partial charge is 0.396 e. The molecular formula is C18H31N3O2. The molecular weight excluding hydrogens is 290 g/mol. The van der Waals surface area contributed by atoms with Gasteiger partial charge in [-0.15, -0.1) is 0 Å². The first-order valence-electron chi connectivity index (χ1n) is 8.71. The zero-order valence-electron chi connectivity index (χ0n) is 15.0.